The molecule has 1 heterocycles. The molecule has 0 atom stereocenters. The highest BCUT2D eigenvalue weighted by Gasteiger charge is 2.21. The first-order valence-electron chi connectivity index (χ1n) is 9.36. The maximum atomic E-state index is 11.4. The number of nitrogens with zero attached hydrogens (tertiary/aromatic N) is 1. The van der Waals surface area contributed by atoms with Gasteiger partial charge in [0.15, 0.2) is 5.96 Å². The van der Waals surface area contributed by atoms with Gasteiger partial charge in [-0.15, -0.1) is 11.3 Å². The first kappa shape index (κ1) is 21.8. The van der Waals surface area contributed by atoms with Crippen LogP contribution in [0.4, 0.5) is 5.69 Å². The zero-order valence-electron chi connectivity index (χ0n) is 17.3. The minimum absolute atomic E-state index is 0.0169. The molecule has 2 aromatic rings. The van der Waals surface area contributed by atoms with E-state index in [-0.39, 0.29) is 11.3 Å². The molecular weight excluding hydrogens is 372 g/mol. The average Bonchev–Trinajstić information content (AvgIpc) is 3.19. The number of methoxy groups -OCH3 is 1. The Morgan fingerprint density at radius 1 is 1.25 bits per heavy atom. The Morgan fingerprint density at radius 2 is 2.04 bits per heavy atom. The number of rotatable bonds is 8. The van der Waals surface area contributed by atoms with Crippen molar-refractivity contribution in [1.82, 2.24) is 10.6 Å². The molecule has 3 N–H and O–H groups in total. The van der Waals surface area contributed by atoms with Gasteiger partial charge in [0.25, 0.3) is 0 Å². The third-order valence-electron chi connectivity index (χ3n) is 4.22. The third kappa shape index (κ3) is 6.27. The number of guanidine groups is 1. The van der Waals surface area contributed by atoms with E-state index in [1.54, 1.807) is 18.4 Å². The summed E-state index contributed by atoms with van der Waals surface area (Å²) in [5, 5.41) is 11.6. The van der Waals surface area contributed by atoms with Gasteiger partial charge in [-0.25, -0.2) is 4.99 Å². The molecule has 0 bridgehead atoms. The van der Waals surface area contributed by atoms with Crippen molar-refractivity contribution in [2.24, 2.45) is 4.99 Å². The predicted molar refractivity (Wildman–Crippen MR) is 117 cm³/mol. The number of carbonyl (C=O) groups is 1. The number of carbonyl (C=O) groups excluding carboxylic acids is 1. The fraction of sp³-hybridized carbons (Fsp3) is 0.429. The summed E-state index contributed by atoms with van der Waals surface area (Å²) in [4.78, 5) is 17.4. The molecule has 0 spiro atoms. The standard InChI is InChI=1S/C21H30N4O2S/c1-6-22-20(24-14-21(3,4)19-8-7-11-28-19)23-13-16-9-10-18(27-5)17(12-16)25-15(2)26/h7-12H,6,13-14H2,1-5H3,(H,25,26)(H2,22,23,24). The summed E-state index contributed by atoms with van der Waals surface area (Å²) in [6.45, 7) is 10.0. The average molecular weight is 403 g/mol. The van der Waals surface area contributed by atoms with E-state index >= 15 is 0 Å². The fourth-order valence-corrected chi connectivity index (χ4v) is 3.56. The van der Waals surface area contributed by atoms with Crippen molar-refractivity contribution < 1.29 is 9.53 Å². The number of ether oxygens (including phenoxy) is 1. The fourth-order valence-electron chi connectivity index (χ4n) is 2.71. The molecule has 1 amide bonds. The van der Waals surface area contributed by atoms with Gasteiger partial charge in [0.1, 0.15) is 5.75 Å². The Morgan fingerprint density at radius 3 is 2.64 bits per heavy atom. The van der Waals surface area contributed by atoms with Crippen molar-refractivity contribution in [3.8, 4) is 5.75 Å². The monoisotopic (exact) mass is 402 g/mol. The van der Waals surface area contributed by atoms with Crippen LogP contribution in [-0.2, 0) is 16.8 Å². The van der Waals surface area contributed by atoms with Crippen LogP contribution in [-0.4, -0.2) is 32.1 Å². The zero-order chi connectivity index (χ0) is 20.6. The Labute approximate surface area is 171 Å². The van der Waals surface area contributed by atoms with Crippen LogP contribution < -0.4 is 20.7 Å². The summed E-state index contributed by atoms with van der Waals surface area (Å²) in [5.74, 6) is 1.26. The van der Waals surface area contributed by atoms with Crippen LogP contribution in [0.15, 0.2) is 40.7 Å². The van der Waals surface area contributed by atoms with Gasteiger partial charge < -0.3 is 20.7 Å². The molecule has 0 aliphatic heterocycles. The first-order chi connectivity index (χ1) is 13.4. The maximum absolute atomic E-state index is 11.4. The van der Waals surface area contributed by atoms with E-state index in [4.69, 9.17) is 4.74 Å². The van der Waals surface area contributed by atoms with E-state index in [9.17, 15) is 4.79 Å². The number of thiophene rings is 1. The van der Waals surface area contributed by atoms with E-state index in [0.717, 1.165) is 24.6 Å². The minimum Gasteiger partial charge on any atom is -0.495 e. The van der Waals surface area contributed by atoms with E-state index in [2.05, 4.69) is 52.3 Å². The number of anilines is 1. The van der Waals surface area contributed by atoms with Crippen LogP contribution in [0.25, 0.3) is 0 Å². The van der Waals surface area contributed by atoms with Crippen molar-refractivity contribution in [1.29, 1.82) is 0 Å². The van der Waals surface area contributed by atoms with Crippen molar-refractivity contribution in [3.63, 3.8) is 0 Å². The van der Waals surface area contributed by atoms with Crippen LogP contribution in [0, 0.1) is 0 Å². The second kappa shape index (κ2) is 10.1. The second-order valence-corrected chi connectivity index (χ2v) is 8.07. The summed E-state index contributed by atoms with van der Waals surface area (Å²) in [5.41, 5.74) is 1.65. The zero-order valence-corrected chi connectivity index (χ0v) is 18.1. The summed E-state index contributed by atoms with van der Waals surface area (Å²) >= 11 is 1.77. The SMILES string of the molecule is CCNC(=NCc1ccc(OC)c(NC(C)=O)c1)NCC(C)(C)c1cccs1. The molecular formula is C21H30N4O2S. The molecule has 0 aliphatic rings. The van der Waals surface area contributed by atoms with Crippen LogP contribution in [0.2, 0.25) is 0 Å². The lowest BCUT2D eigenvalue weighted by molar-refractivity contribution is -0.114. The number of aliphatic imine (C=N–C) groups is 1. The van der Waals surface area contributed by atoms with Gasteiger partial charge in [-0.1, -0.05) is 26.0 Å². The topological polar surface area (TPSA) is 74.8 Å². The molecule has 6 nitrogen and oxygen atoms in total. The summed E-state index contributed by atoms with van der Waals surface area (Å²) in [6, 6.07) is 9.93. The van der Waals surface area contributed by atoms with Gasteiger partial charge in [-0.05, 0) is 36.1 Å². The van der Waals surface area contributed by atoms with Gasteiger partial charge in [0.05, 0.1) is 19.3 Å². The number of hydrogen-bond acceptors (Lipinski definition) is 4. The third-order valence-corrected chi connectivity index (χ3v) is 5.46. The molecule has 0 aliphatic carbocycles. The lowest BCUT2D eigenvalue weighted by Gasteiger charge is -2.25. The van der Waals surface area contributed by atoms with Gasteiger partial charge >= 0.3 is 0 Å². The highest BCUT2D eigenvalue weighted by Crippen LogP contribution is 2.27. The van der Waals surface area contributed by atoms with Crippen molar-refractivity contribution in [2.75, 3.05) is 25.5 Å². The number of amides is 1. The lowest BCUT2D eigenvalue weighted by Crippen LogP contribution is -2.43. The minimum atomic E-state index is -0.134. The molecule has 7 heteroatoms. The van der Waals surface area contributed by atoms with Crippen molar-refractivity contribution >= 4 is 28.9 Å². The molecule has 2 rings (SSSR count). The van der Waals surface area contributed by atoms with Crippen molar-refractivity contribution in [3.05, 3.63) is 46.2 Å². The quantitative estimate of drug-likeness (QED) is 0.464. The maximum Gasteiger partial charge on any atom is 0.221 e. The molecule has 0 unspecified atom stereocenters. The van der Waals surface area contributed by atoms with E-state index in [1.807, 2.05) is 25.1 Å². The summed E-state index contributed by atoms with van der Waals surface area (Å²) in [7, 11) is 1.58. The smallest absolute Gasteiger partial charge is 0.221 e. The van der Waals surface area contributed by atoms with Crippen LogP contribution >= 0.6 is 11.3 Å². The summed E-state index contributed by atoms with van der Waals surface area (Å²) < 4.78 is 5.30. The molecule has 0 radical (unpaired) electrons. The first-order valence-corrected chi connectivity index (χ1v) is 10.2. The Hall–Kier alpha value is -2.54. The molecule has 28 heavy (non-hydrogen) atoms. The van der Waals surface area contributed by atoms with Crippen LogP contribution in [0.3, 0.4) is 0 Å². The van der Waals surface area contributed by atoms with Crippen molar-refractivity contribution in [2.45, 2.75) is 39.7 Å². The van der Waals surface area contributed by atoms with Gasteiger partial charge in [-0.2, -0.15) is 0 Å². The van der Waals surface area contributed by atoms with Gasteiger partial charge in [0, 0.05) is 30.3 Å². The largest absolute Gasteiger partial charge is 0.495 e. The van der Waals surface area contributed by atoms with E-state index < -0.39 is 0 Å². The molecule has 0 fully saturated rings. The van der Waals surface area contributed by atoms with Crippen LogP contribution in [0.1, 0.15) is 38.1 Å². The number of hydrogen-bond donors (Lipinski definition) is 3. The molecule has 1 aromatic heterocycles. The summed E-state index contributed by atoms with van der Waals surface area (Å²) in [6.07, 6.45) is 0. The molecule has 152 valence electrons. The number of benzene rings is 1. The normalized spacial score (nSPS) is 11.8. The van der Waals surface area contributed by atoms with E-state index in [0.29, 0.717) is 18.0 Å². The lowest BCUT2D eigenvalue weighted by atomic mass is 9.91. The number of nitrogens with one attached hydrogen (secondary N) is 3. The second-order valence-electron chi connectivity index (χ2n) is 7.13. The van der Waals surface area contributed by atoms with Crippen LogP contribution in [0.5, 0.6) is 5.75 Å². The molecule has 0 saturated carbocycles. The molecule has 0 saturated heterocycles. The van der Waals surface area contributed by atoms with Gasteiger partial charge in [0.2, 0.25) is 5.91 Å². The van der Waals surface area contributed by atoms with E-state index in [1.165, 1.54) is 11.8 Å². The predicted octanol–water partition coefficient (Wildman–Crippen LogP) is 3.75. The van der Waals surface area contributed by atoms with Gasteiger partial charge in [-0.3, -0.25) is 4.79 Å². The Kier molecular flexibility index (Phi) is 7.87. The Balaban J connectivity index is 2.08. The highest BCUT2D eigenvalue weighted by atomic mass is 32.1. The molecule has 1 aromatic carbocycles. The highest BCUT2D eigenvalue weighted by molar-refractivity contribution is 7.10. The Bertz CT molecular complexity index is 801.